The Hall–Kier alpha value is -0.720. The zero-order valence-electron chi connectivity index (χ0n) is 8.48. The molecule has 0 fully saturated rings. The zero-order valence-corrected chi connectivity index (χ0v) is 10.8. The molecule has 0 aromatic heterocycles. The van der Waals surface area contributed by atoms with Gasteiger partial charge in [0.15, 0.2) is 0 Å². The summed E-state index contributed by atoms with van der Waals surface area (Å²) in [5.41, 5.74) is 2.02. The lowest BCUT2D eigenvalue weighted by Gasteiger charge is -2.09. The number of nitrogens with zero attached hydrogens (tertiary/aromatic N) is 1. The van der Waals surface area contributed by atoms with Crippen molar-refractivity contribution in [2.45, 2.75) is 19.8 Å². The van der Waals surface area contributed by atoms with Gasteiger partial charge in [0.25, 0.3) is 0 Å². The van der Waals surface area contributed by atoms with Crippen LogP contribution in [0.1, 0.15) is 18.4 Å². The fraction of sp³-hybridized carbons (Fsp3) is 0.364. The highest BCUT2D eigenvalue weighted by atomic mass is 79.9. The summed E-state index contributed by atoms with van der Waals surface area (Å²) >= 11 is 9.48. The van der Waals surface area contributed by atoms with E-state index in [2.05, 4.69) is 27.3 Å². The first-order valence-electron chi connectivity index (χ1n) is 4.71. The molecule has 0 aliphatic rings. The Kier molecular flexibility index (Phi) is 4.93. The molecule has 0 saturated heterocycles. The standard InChI is InChI=1S/C11H12BrClN2/c1-8-6-9(12)11(7-10(8)13)15-5-3-2-4-14/h6-7,15H,2-3,5H2,1H3. The van der Waals surface area contributed by atoms with E-state index in [9.17, 15) is 0 Å². The topological polar surface area (TPSA) is 35.8 Å². The van der Waals surface area contributed by atoms with Gasteiger partial charge in [-0.15, -0.1) is 0 Å². The average molecular weight is 288 g/mol. The molecule has 0 bridgehead atoms. The third kappa shape index (κ3) is 3.73. The summed E-state index contributed by atoms with van der Waals surface area (Å²) < 4.78 is 1.00. The van der Waals surface area contributed by atoms with Gasteiger partial charge in [-0.2, -0.15) is 5.26 Å². The number of hydrogen-bond acceptors (Lipinski definition) is 2. The Labute approximate surface area is 103 Å². The Morgan fingerprint density at radius 2 is 2.27 bits per heavy atom. The number of unbranched alkanes of at least 4 members (excludes halogenated alkanes) is 1. The van der Waals surface area contributed by atoms with Gasteiger partial charge in [0.1, 0.15) is 0 Å². The number of aryl methyl sites for hydroxylation is 1. The van der Waals surface area contributed by atoms with E-state index in [0.717, 1.165) is 33.7 Å². The Morgan fingerprint density at radius 3 is 2.93 bits per heavy atom. The van der Waals surface area contributed by atoms with Crippen LogP contribution in [-0.4, -0.2) is 6.54 Å². The summed E-state index contributed by atoms with van der Waals surface area (Å²) in [5.74, 6) is 0. The van der Waals surface area contributed by atoms with Crippen molar-refractivity contribution in [3.8, 4) is 6.07 Å². The number of nitrogens with one attached hydrogen (secondary N) is 1. The van der Waals surface area contributed by atoms with Crippen LogP contribution in [0.25, 0.3) is 0 Å². The first-order valence-corrected chi connectivity index (χ1v) is 5.88. The molecule has 4 heteroatoms. The second kappa shape index (κ2) is 5.99. The average Bonchev–Trinajstić information content (AvgIpc) is 2.20. The molecule has 1 rings (SSSR count). The van der Waals surface area contributed by atoms with Gasteiger partial charge >= 0.3 is 0 Å². The summed E-state index contributed by atoms with van der Waals surface area (Å²) in [6, 6.07) is 5.99. The van der Waals surface area contributed by atoms with Crippen molar-refractivity contribution in [3.63, 3.8) is 0 Å². The van der Waals surface area contributed by atoms with Gasteiger partial charge in [-0.3, -0.25) is 0 Å². The van der Waals surface area contributed by atoms with E-state index < -0.39 is 0 Å². The van der Waals surface area contributed by atoms with Gasteiger partial charge in [-0.1, -0.05) is 11.6 Å². The minimum Gasteiger partial charge on any atom is -0.384 e. The predicted molar refractivity (Wildman–Crippen MR) is 67.2 cm³/mol. The van der Waals surface area contributed by atoms with Crippen molar-refractivity contribution in [2.75, 3.05) is 11.9 Å². The van der Waals surface area contributed by atoms with Gasteiger partial charge in [-0.05, 0) is 47.0 Å². The Morgan fingerprint density at radius 1 is 1.53 bits per heavy atom. The van der Waals surface area contributed by atoms with Crippen LogP contribution in [0.5, 0.6) is 0 Å². The second-order valence-corrected chi connectivity index (χ2v) is 4.53. The highest BCUT2D eigenvalue weighted by Gasteiger charge is 2.03. The molecule has 0 aliphatic carbocycles. The number of hydrogen-bond donors (Lipinski definition) is 1. The van der Waals surface area contributed by atoms with Crippen LogP contribution in [0.4, 0.5) is 5.69 Å². The highest BCUT2D eigenvalue weighted by Crippen LogP contribution is 2.29. The van der Waals surface area contributed by atoms with Gasteiger partial charge in [0.05, 0.1) is 6.07 Å². The Bertz CT molecular complexity index is 385. The molecule has 0 heterocycles. The quantitative estimate of drug-likeness (QED) is 0.845. The van der Waals surface area contributed by atoms with E-state index in [1.54, 1.807) is 0 Å². The molecule has 0 unspecified atom stereocenters. The van der Waals surface area contributed by atoms with Crippen LogP contribution in [0.2, 0.25) is 5.02 Å². The van der Waals surface area contributed by atoms with Crippen molar-refractivity contribution in [2.24, 2.45) is 0 Å². The number of benzene rings is 1. The van der Waals surface area contributed by atoms with E-state index in [0.29, 0.717) is 6.42 Å². The van der Waals surface area contributed by atoms with Crippen LogP contribution in [-0.2, 0) is 0 Å². The molecule has 15 heavy (non-hydrogen) atoms. The van der Waals surface area contributed by atoms with Crippen LogP contribution >= 0.6 is 27.5 Å². The molecule has 0 aliphatic heterocycles. The smallest absolute Gasteiger partial charge is 0.0622 e. The zero-order chi connectivity index (χ0) is 11.3. The molecule has 0 atom stereocenters. The van der Waals surface area contributed by atoms with Crippen LogP contribution in [0, 0.1) is 18.3 Å². The molecule has 0 amide bonds. The maximum absolute atomic E-state index is 8.39. The van der Waals surface area contributed by atoms with E-state index in [1.165, 1.54) is 0 Å². The van der Waals surface area contributed by atoms with Gasteiger partial charge in [-0.25, -0.2) is 0 Å². The number of rotatable bonds is 4. The molecule has 0 saturated carbocycles. The first-order chi connectivity index (χ1) is 7.15. The van der Waals surface area contributed by atoms with Gasteiger partial charge < -0.3 is 5.32 Å². The maximum atomic E-state index is 8.39. The molecule has 0 spiro atoms. The second-order valence-electron chi connectivity index (χ2n) is 3.27. The van der Waals surface area contributed by atoms with Gasteiger partial charge in [0.2, 0.25) is 0 Å². The molecule has 80 valence electrons. The molecule has 0 radical (unpaired) electrons. The molecule has 2 nitrogen and oxygen atoms in total. The van der Waals surface area contributed by atoms with Crippen molar-refractivity contribution in [3.05, 3.63) is 27.2 Å². The third-order valence-electron chi connectivity index (χ3n) is 2.03. The Balaban J connectivity index is 2.62. The van der Waals surface area contributed by atoms with Crippen molar-refractivity contribution >= 4 is 33.2 Å². The van der Waals surface area contributed by atoms with E-state index >= 15 is 0 Å². The van der Waals surface area contributed by atoms with Crippen molar-refractivity contribution < 1.29 is 0 Å². The normalized spacial score (nSPS) is 9.73. The molecule has 1 N–H and O–H groups in total. The predicted octanol–water partition coefficient (Wildman–Crippen LogP) is 4.13. The molecular weight excluding hydrogens is 275 g/mol. The van der Waals surface area contributed by atoms with E-state index in [1.807, 2.05) is 19.1 Å². The van der Waals surface area contributed by atoms with E-state index in [4.69, 9.17) is 16.9 Å². The lowest BCUT2D eigenvalue weighted by molar-refractivity contribution is 0.897. The third-order valence-corrected chi connectivity index (χ3v) is 3.09. The maximum Gasteiger partial charge on any atom is 0.0622 e. The highest BCUT2D eigenvalue weighted by molar-refractivity contribution is 9.10. The first kappa shape index (κ1) is 12.4. The minimum absolute atomic E-state index is 0.574. The summed E-state index contributed by atoms with van der Waals surface area (Å²) in [6.45, 7) is 2.75. The minimum atomic E-state index is 0.574. The molecule has 1 aromatic rings. The van der Waals surface area contributed by atoms with Crippen LogP contribution in [0.15, 0.2) is 16.6 Å². The lowest BCUT2D eigenvalue weighted by Crippen LogP contribution is -2.01. The van der Waals surface area contributed by atoms with E-state index in [-0.39, 0.29) is 0 Å². The number of halogens is 2. The van der Waals surface area contributed by atoms with Gasteiger partial charge in [0, 0.05) is 28.1 Å². The number of anilines is 1. The molecular formula is C11H12BrClN2. The monoisotopic (exact) mass is 286 g/mol. The van der Waals surface area contributed by atoms with Crippen LogP contribution < -0.4 is 5.32 Å². The summed E-state index contributed by atoms with van der Waals surface area (Å²) in [6.07, 6.45) is 1.42. The van der Waals surface area contributed by atoms with Crippen molar-refractivity contribution in [1.29, 1.82) is 5.26 Å². The SMILES string of the molecule is Cc1cc(Br)c(NCCCC#N)cc1Cl. The number of nitriles is 1. The molecule has 1 aromatic carbocycles. The summed E-state index contributed by atoms with van der Waals surface area (Å²) in [7, 11) is 0. The fourth-order valence-corrected chi connectivity index (χ4v) is 1.93. The summed E-state index contributed by atoms with van der Waals surface area (Å²) in [5, 5.41) is 12.4. The fourth-order valence-electron chi connectivity index (χ4n) is 1.17. The lowest BCUT2D eigenvalue weighted by atomic mass is 10.2. The van der Waals surface area contributed by atoms with Crippen molar-refractivity contribution in [1.82, 2.24) is 0 Å². The largest absolute Gasteiger partial charge is 0.384 e. The summed E-state index contributed by atoms with van der Waals surface area (Å²) in [4.78, 5) is 0. The van der Waals surface area contributed by atoms with Crippen LogP contribution in [0.3, 0.4) is 0 Å².